The molecule has 7 heteroatoms. The highest BCUT2D eigenvalue weighted by molar-refractivity contribution is 5.99. The van der Waals surface area contributed by atoms with E-state index in [0.717, 1.165) is 5.39 Å². The van der Waals surface area contributed by atoms with Crippen molar-refractivity contribution in [1.29, 1.82) is 0 Å². The summed E-state index contributed by atoms with van der Waals surface area (Å²) in [6, 6.07) is 14.1. The molecule has 0 unspecified atom stereocenters. The summed E-state index contributed by atoms with van der Waals surface area (Å²) in [6.45, 7) is 4.08. The van der Waals surface area contributed by atoms with Gasteiger partial charge in [-0.05, 0) is 44.2 Å². The number of carbonyl (C=O) groups excluding carboxylic acids is 2. The Morgan fingerprint density at radius 3 is 2.52 bits per heavy atom. The van der Waals surface area contributed by atoms with Gasteiger partial charge in [0.15, 0.2) is 6.10 Å². The molecule has 1 N–H and O–H groups in total. The van der Waals surface area contributed by atoms with Crippen LogP contribution >= 0.6 is 0 Å². The van der Waals surface area contributed by atoms with Crippen LogP contribution < -0.4 is 10.1 Å². The van der Waals surface area contributed by atoms with Gasteiger partial charge in [0.1, 0.15) is 11.3 Å². The normalized spacial score (nSPS) is 11.8. The first-order valence-electron chi connectivity index (χ1n) is 9.27. The van der Waals surface area contributed by atoms with Gasteiger partial charge in [-0.1, -0.05) is 18.2 Å². The highest BCUT2D eigenvalue weighted by Crippen LogP contribution is 2.27. The fraction of sp³-hybridized carbons (Fsp3) is 0.273. The van der Waals surface area contributed by atoms with Crippen molar-refractivity contribution in [2.75, 3.05) is 19.0 Å². The SMILES string of the molecule is CCOCc1c(C(=O)O[C@@H](C)C(=O)Nc2ccc(OC)cc2)oc2ccccc12. The number of hydrogen-bond acceptors (Lipinski definition) is 6. The largest absolute Gasteiger partial charge is 0.497 e. The number of esters is 1. The van der Waals surface area contributed by atoms with E-state index in [0.29, 0.717) is 29.2 Å². The van der Waals surface area contributed by atoms with Crippen molar-refractivity contribution in [3.8, 4) is 5.75 Å². The van der Waals surface area contributed by atoms with Crippen molar-refractivity contribution in [1.82, 2.24) is 0 Å². The van der Waals surface area contributed by atoms with Crippen LogP contribution in [-0.4, -0.2) is 31.7 Å². The van der Waals surface area contributed by atoms with E-state index in [4.69, 9.17) is 18.6 Å². The molecule has 0 saturated carbocycles. The molecule has 1 heterocycles. The number of para-hydroxylation sites is 1. The van der Waals surface area contributed by atoms with Crippen molar-refractivity contribution < 1.29 is 28.2 Å². The van der Waals surface area contributed by atoms with Crippen LogP contribution in [0.2, 0.25) is 0 Å². The first-order chi connectivity index (χ1) is 14.0. The molecule has 0 radical (unpaired) electrons. The van der Waals surface area contributed by atoms with Crippen LogP contribution in [0.15, 0.2) is 52.9 Å². The lowest BCUT2D eigenvalue weighted by molar-refractivity contribution is -0.123. The molecule has 0 fully saturated rings. The van der Waals surface area contributed by atoms with Gasteiger partial charge in [0, 0.05) is 23.2 Å². The maximum absolute atomic E-state index is 12.7. The molecular weight excluding hydrogens is 374 g/mol. The summed E-state index contributed by atoms with van der Waals surface area (Å²) in [7, 11) is 1.56. The summed E-state index contributed by atoms with van der Waals surface area (Å²) in [5, 5.41) is 3.48. The Morgan fingerprint density at radius 1 is 1.10 bits per heavy atom. The number of benzene rings is 2. The van der Waals surface area contributed by atoms with E-state index >= 15 is 0 Å². The van der Waals surface area contributed by atoms with Gasteiger partial charge in [-0.15, -0.1) is 0 Å². The van der Waals surface area contributed by atoms with Gasteiger partial charge in [0.2, 0.25) is 5.76 Å². The molecule has 0 spiro atoms. The van der Waals surface area contributed by atoms with Gasteiger partial charge in [0.25, 0.3) is 5.91 Å². The maximum atomic E-state index is 12.7. The minimum absolute atomic E-state index is 0.0451. The number of furan rings is 1. The molecule has 3 rings (SSSR count). The lowest BCUT2D eigenvalue weighted by Crippen LogP contribution is -2.30. The molecule has 0 aliphatic rings. The molecule has 7 nitrogen and oxygen atoms in total. The number of methoxy groups -OCH3 is 1. The first-order valence-corrected chi connectivity index (χ1v) is 9.27. The minimum atomic E-state index is -1.02. The Morgan fingerprint density at radius 2 is 1.83 bits per heavy atom. The smallest absolute Gasteiger partial charge is 0.375 e. The number of anilines is 1. The van der Waals surface area contributed by atoms with Crippen LogP contribution in [0, 0.1) is 0 Å². The first kappa shape index (κ1) is 20.4. The third-order valence-corrected chi connectivity index (χ3v) is 4.34. The molecule has 1 amide bonds. The molecule has 152 valence electrons. The standard InChI is InChI=1S/C22H23NO6/c1-4-27-13-18-17-7-5-6-8-19(17)29-20(18)22(25)28-14(2)21(24)23-15-9-11-16(26-3)12-10-15/h5-12,14H,4,13H2,1-3H3,(H,23,24)/t14-/m0/s1. The van der Waals surface area contributed by atoms with Gasteiger partial charge in [-0.25, -0.2) is 4.79 Å². The Balaban J connectivity index is 1.72. The predicted molar refractivity (Wildman–Crippen MR) is 108 cm³/mol. The summed E-state index contributed by atoms with van der Waals surface area (Å²) >= 11 is 0. The number of nitrogens with one attached hydrogen (secondary N) is 1. The molecule has 3 aromatic rings. The Kier molecular flexibility index (Phi) is 6.51. The average molecular weight is 397 g/mol. The van der Waals surface area contributed by atoms with Crippen molar-refractivity contribution in [2.24, 2.45) is 0 Å². The minimum Gasteiger partial charge on any atom is -0.497 e. The van der Waals surface area contributed by atoms with Gasteiger partial charge >= 0.3 is 5.97 Å². The van der Waals surface area contributed by atoms with Crippen LogP contribution in [0.25, 0.3) is 11.0 Å². The van der Waals surface area contributed by atoms with E-state index in [9.17, 15) is 9.59 Å². The number of fused-ring (bicyclic) bond motifs is 1. The number of rotatable bonds is 8. The molecule has 0 aliphatic carbocycles. The molecule has 1 atom stereocenters. The van der Waals surface area contributed by atoms with Crippen LogP contribution in [0.1, 0.15) is 30.0 Å². The molecule has 0 aliphatic heterocycles. The second-order valence-corrected chi connectivity index (χ2v) is 6.31. The van der Waals surface area contributed by atoms with Crippen molar-refractivity contribution >= 4 is 28.5 Å². The van der Waals surface area contributed by atoms with Crippen molar-refractivity contribution in [2.45, 2.75) is 26.6 Å². The number of amides is 1. The predicted octanol–water partition coefficient (Wildman–Crippen LogP) is 4.16. The van der Waals surface area contributed by atoms with E-state index in [1.807, 2.05) is 25.1 Å². The maximum Gasteiger partial charge on any atom is 0.375 e. The number of hydrogen-bond donors (Lipinski definition) is 1. The van der Waals surface area contributed by atoms with E-state index in [1.165, 1.54) is 6.92 Å². The van der Waals surface area contributed by atoms with Crippen molar-refractivity contribution in [3.05, 3.63) is 59.9 Å². The van der Waals surface area contributed by atoms with E-state index in [-0.39, 0.29) is 12.4 Å². The molecule has 0 bridgehead atoms. The molecule has 1 aromatic heterocycles. The summed E-state index contributed by atoms with van der Waals surface area (Å²) < 4.78 is 21.6. The highest BCUT2D eigenvalue weighted by atomic mass is 16.6. The summed E-state index contributed by atoms with van der Waals surface area (Å²) in [5.74, 6) is -0.447. The fourth-order valence-electron chi connectivity index (χ4n) is 2.80. The Labute approximate surface area is 168 Å². The second kappa shape index (κ2) is 9.25. The van der Waals surface area contributed by atoms with E-state index in [1.54, 1.807) is 37.4 Å². The van der Waals surface area contributed by atoms with Crippen LogP contribution in [-0.2, 0) is 20.9 Å². The summed E-state index contributed by atoms with van der Waals surface area (Å²) in [6.07, 6.45) is -1.02. The van der Waals surface area contributed by atoms with Gasteiger partial charge in [-0.3, -0.25) is 4.79 Å². The topological polar surface area (TPSA) is 87.0 Å². The van der Waals surface area contributed by atoms with Crippen LogP contribution in [0.5, 0.6) is 5.75 Å². The van der Waals surface area contributed by atoms with Gasteiger partial charge < -0.3 is 23.9 Å². The van der Waals surface area contributed by atoms with E-state index in [2.05, 4.69) is 5.32 Å². The molecule has 29 heavy (non-hydrogen) atoms. The lowest BCUT2D eigenvalue weighted by atomic mass is 10.1. The number of carbonyl (C=O) groups is 2. The zero-order valence-corrected chi connectivity index (χ0v) is 16.6. The van der Waals surface area contributed by atoms with E-state index < -0.39 is 18.0 Å². The fourth-order valence-corrected chi connectivity index (χ4v) is 2.80. The zero-order chi connectivity index (χ0) is 20.8. The van der Waals surface area contributed by atoms with Gasteiger partial charge in [0.05, 0.1) is 13.7 Å². The Hall–Kier alpha value is -3.32. The Bertz CT molecular complexity index is 992. The highest BCUT2D eigenvalue weighted by Gasteiger charge is 2.26. The monoisotopic (exact) mass is 397 g/mol. The molecule has 0 saturated heterocycles. The third-order valence-electron chi connectivity index (χ3n) is 4.34. The summed E-state index contributed by atoms with van der Waals surface area (Å²) in [4.78, 5) is 25.1. The zero-order valence-electron chi connectivity index (χ0n) is 16.6. The van der Waals surface area contributed by atoms with Crippen LogP contribution in [0.4, 0.5) is 5.69 Å². The molecular formula is C22H23NO6. The number of ether oxygens (including phenoxy) is 3. The average Bonchev–Trinajstić information content (AvgIpc) is 3.11. The van der Waals surface area contributed by atoms with Crippen LogP contribution in [0.3, 0.4) is 0 Å². The third kappa shape index (κ3) is 4.75. The lowest BCUT2D eigenvalue weighted by Gasteiger charge is -2.13. The molecule has 2 aromatic carbocycles. The summed E-state index contributed by atoms with van der Waals surface area (Å²) in [5.41, 5.74) is 1.74. The van der Waals surface area contributed by atoms with Gasteiger partial charge in [-0.2, -0.15) is 0 Å². The second-order valence-electron chi connectivity index (χ2n) is 6.31. The quantitative estimate of drug-likeness (QED) is 0.574. The van der Waals surface area contributed by atoms with Crippen molar-refractivity contribution in [3.63, 3.8) is 0 Å².